The molecule has 0 aliphatic rings. The Balaban J connectivity index is 2.03. The van der Waals surface area contributed by atoms with Crippen LogP contribution in [-0.2, 0) is 0 Å². The van der Waals surface area contributed by atoms with Gasteiger partial charge in [0.25, 0.3) is 0 Å². The molecule has 0 radical (unpaired) electrons. The molecule has 0 fully saturated rings. The molecule has 0 bridgehead atoms. The van der Waals surface area contributed by atoms with Crippen LogP contribution >= 0.6 is 12.2 Å². The van der Waals surface area contributed by atoms with Crippen molar-refractivity contribution in [1.82, 2.24) is 5.32 Å². The monoisotopic (exact) mass is 314 g/mol. The van der Waals surface area contributed by atoms with Gasteiger partial charge in [0.15, 0.2) is 5.11 Å². The van der Waals surface area contributed by atoms with Crippen molar-refractivity contribution in [1.29, 1.82) is 0 Å². The van der Waals surface area contributed by atoms with E-state index in [1.54, 1.807) is 7.11 Å². The first-order valence-electron chi connectivity index (χ1n) is 7.28. The zero-order valence-corrected chi connectivity index (χ0v) is 14.3. The molecule has 2 N–H and O–H groups in total. The van der Waals surface area contributed by atoms with Crippen LogP contribution in [0.4, 0.5) is 5.69 Å². The fraction of sp³-hybridized carbons (Fsp3) is 0.278. The van der Waals surface area contributed by atoms with E-state index in [9.17, 15) is 0 Å². The Bertz CT molecular complexity index is 653. The van der Waals surface area contributed by atoms with Crippen LogP contribution in [0.1, 0.15) is 29.7 Å². The highest BCUT2D eigenvalue weighted by Gasteiger charge is 2.09. The number of hydrogen-bond donors (Lipinski definition) is 2. The lowest BCUT2D eigenvalue weighted by atomic mass is 10.1. The largest absolute Gasteiger partial charge is 0.495 e. The summed E-state index contributed by atoms with van der Waals surface area (Å²) in [4.78, 5) is 0. The van der Waals surface area contributed by atoms with E-state index >= 15 is 0 Å². The van der Waals surface area contributed by atoms with Gasteiger partial charge in [-0.3, -0.25) is 0 Å². The molecule has 4 heteroatoms. The molecule has 22 heavy (non-hydrogen) atoms. The molecule has 0 aliphatic carbocycles. The molecule has 0 amide bonds. The summed E-state index contributed by atoms with van der Waals surface area (Å²) in [6.07, 6.45) is 0. The first-order valence-corrected chi connectivity index (χ1v) is 7.69. The highest BCUT2D eigenvalue weighted by Crippen LogP contribution is 2.25. The highest BCUT2D eigenvalue weighted by atomic mass is 32.1. The maximum absolute atomic E-state index is 5.41. The van der Waals surface area contributed by atoms with Crippen molar-refractivity contribution in [2.75, 3.05) is 12.4 Å². The lowest BCUT2D eigenvalue weighted by Gasteiger charge is -2.19. The number of benzene rings is 2. The smallest absolute Gasteiger partial charge is 0.171 e. The van der Waals surface area contributed by atoms with Crippen LogP contribution in [0.3, 0.4) is 0 Å². The topological polar surface area (TPSA) is 33.3 Å². The molecule has 0 spiro atoms. The summed E-state index contributed by atoms with van der Waals surface area (Å²) >= 11 is 5.41. The third-order valence-electron chi connectivity index (χ3n) is 3.53. The quantitative estimate of drug-likeness (QED) is 0.822. The number of ether oxygens (including phenoxy) is 1. The minimum atomic E-state index is 0.136. The minimum absolute atomic E-state index is 0.136. The molecular formula is C18H22N2OS. The average molecular weight is 314 g/mol. The maximum Gasteiger partial charge on any atom is 0.171 e. The van der Waals surface area contributed by atoms with Gasteiger partial charge in [-0.25, -0.2) is 0 Å². The molecule has 1 unspecified atom stereocenters. The minimum Gasteiger partial charge on any atom is -0.495 e. The summed E-state index contributed by atoms with van der Waals surface area (Å²) in [5.74, 6) is 0.776. The Morgan fingerprint density at radius 1 is 1.05 bits per heavy atom. The second-order valence-electron chi connectivity index (χ2n) is 5.43. The summed E-state index contributed by atoms with van der Waals surface area (Å²) < 4.78 is 5.35. The van der Waals surface area contributed by atoms with Crippen molar-refractivity contribution >= 4 is 23.0 Å². The van der Waals surface area contributed by atoms with Gasteiger partial charge in [0.2, 0.25) is 0 Å². The van der Waals surface area contributed by atoms with E-state index in [1.807, 2.05) is 25.1 Å². The molecule has 2 aromatic carbocycles. The third-order valence-corrected chi connectivity index (χ3v) is 3.75. The van der Waals surface area contributed by atoms with Crippen LogP contribution in [0.2, 0.25) is 0 Å². The SMILES string of the molecule is COc1ccc(C)cc1NC(=S)NC(C)c1ccc(C)cc1. The first kappa shape index (κ1) is 16.3. The summed E-state index contributed by atoms with van der Waals surface area (Å²) in [5, 5.41) is 7.09. The molecule has 0 heterocycles. The van der Waals surface area contributed by atoms with E-state index in [-0.39, 0.29) is 6.04 Å². The van der Waals surface area contributed by atoms with Crippen LogP contribution in [0.5, 0.6) is 5.75 Å². The standard InChI is InChI=1S/C18H22N2OS/c1-12-5-8-15(9-6-12)14(3)19-18(22)20-16-11-13(2)7-10-17(16)21-4/h5-11,14H,1-4H3,(H2,19,20,22). The van der Waals surface area contributed by atoms with Gasteiger partial charge in [0.05, 0.1) is 18.8 Å². The lowest BCUT2D eigenvalue weighted by Crippen LogP contribution is -2.31. The van der Waals surface area contributed by atoms with Crippen molar-refractivity contribution in [3.8, 4) is 5.75 Å². The van der Waals surface area contributed by atoms with E-state index < -0.39 is 0 Å². The average Bonchev–Trinajstić information content (AvgIpc) is 2.48. The second kappa shape index (κ2) is 7.27. The van der Waals surface area contributed by atoms with Gasteiger partial charge in [-0.15, -0.1) is 0 Å². The summed E-state index contributed by atoms with van der Waals surface area (Å²) in [6.45, 7) is 6.21. The Labute approximate surface area is 137 Å². The number of anilines is 1. The van der Waals surface area contributed by atoms with Gasteiger partial charge >= 0.3 is 0 Å². The highest BCUT2D eigenvalue weighted by molar-refractivity contribution is 7.80. The normalized spacial score (nSPS) is 11.6. The molecule has 1 atom stereocenters. The second-order valence-corrected chi connectivity index (χ2v) is 5.84. The van der Waals surface area contributed by atoms with Crippen molar-refractivity contribution in [2.24, 2.45) is 0 Å². The van der Waals surface area contributed by atoms with Crippen LogP contribution < -0.4 is 15.4 Å². The first-order chi connectivity index (χ1) is 10.5. The molecular weight excluding hydrogens is 292 g/mol. The fourth-order valence-electron chi connectivity index (χ4n) is 2.21. The van der Waals surface area contributed by atoms with Crippen molar-refractivity contribution in [3.63, 3.8) is 0 Å². The number of nitrogens with one attached hydrogen (secondary N) is 2. The Morgan fingerprint density at radius 3 is 2.32 bits per heavy atom. The Kier molecular flexibility index (Phi) is 5.39. The molecule has 2 aromatic rings. The van der Waals surface area contributed by atoms with Crippen LogP contribution in [0.25, 0.3) is 0 Å². The molecule has 0 saturated heterocycles. The zero-order chi connectivity index (χ0) is 16.1. The third kappa shape index (κ3) is 4.21. The fourth-order valence-corrected chi connectivity index (χ4v) is 2.50. The molecule has 2 rings (SSSR count). The van der Waals surface area contributed by atoms with Crippen LogP contribution in [0, 0.1) is 13.8 Å². The summed E-state index contributed by atoms with van der Waals surface area (Å²) in [7, 11) is 1.65. The van der Waals surface area contributed by atoms with E-state index in [2.05, 4.69) is 48.7 Å². The van der Waals surface area contributed by atoms with Gasteiger partial charge in [-0.2, -0.15) is 0 Å². The van der Waals surface area contributed by atoms with Crippen LogP contribution in [0.15, 0.2) is 42.5 Å². The van der Waals surface area contributed by atoms with Gasteiger partial charge in [-0.1, -0.05) is 35.9 Å². The van der Waals surface area contributed by atoms with Gasteiger partial charge in [0, 0.05) is 0 Å². The van der Waals surface area contributed by atoms with E-state index in [1.165, 1.54) is 11.1 Å². The van der Waals surface area contributed by atoms with E-state index in [4.69, 9.17) is 17.0 Å². The molecule has 0 aromatic heterocycles. The van der Waals surface area contributed by atoms with Gasteiger partial charge in [-0.05, 0) is 56.2 Å². The maximum atomic E-state index is 5.41. The summed E-state index contributed by atoms with van der Waals surface area (Å²) in [5.41, 5.74) is 4.47. The number of thiocarbonyl (C=S) groups is 1. The van der Waals surface area contributed by atoms with Crippen LogP contribution in [-0.4, -0.2) is 12.2 Å². The predicted octanol–water partition coefficient (Wildman–Crippen LogP) is 4.36. The van der Waals surface area contributed by atoms with E-state index in [0.29, 0.717) is 5.11 Å². The molecule has 3 nitrogen and oxygen atoms in total. The zero-order valence-electron chi connectivity index (χ0n) is 13.4. The molecule has 116 valence electrons. The lowest BCUT2D eigenvalue weighted by molar-refractivity contribution is 0.417. The Hall–Kier alpha value is -2.07. The van der Waals surface area contributed by atoms with Crippen molar-refractivity contribution < 1.29 is 4.74 Å². The predicted molar refractivity (Wildman–Crippen MR) is 96.7 cm³/mol. The van der Waals surface area contributed by atoms with Crippen molar-refractivity contribution in [2.45, 2.75) is 26.8 Å². The number of hydrogen-bond acceptors (Lipinski definition) is 2. The van der Waals surface area contributed by atoms with Gasteiger partial charge in [0.1, 0.15) is 5.75 Å². The van der Waals surface area contributed by atoms with Crippen molar-refractivity contribution in [3.05, 3.63) is 59.2 Å². The Morgan fingerprint density at radius 2 is 1.68 bits per heavy atom. The number of aryl methyl sites for hydroxylation is 2. The van der Waals surface area contributed by atoms with E-state index in [0.717, 1.165) is 17.0 Å². The molecule has 0 saturated carbocycles. The number of rotatable bonds is 4. The number of methoxy groups -OCH3 is 1. The molecule has 0 aliphatic heterocycles. The summed E-state index contributed by atoms with van der Waals surface area (Å²) in [6, 6.07) is 14.5. The van der Waals surface area contributed by atoms with Gasteiger partial charge < -0.3 is 15.4 Å².